The summed E-state index contributed by atoms with van der Waals surface area (Å²) in [5.74, 6) is -0.293. The number of carbonyl (C=O) groups is 2. The molecule has 4 N–H and O–H groups in total. The molecule has 3 aromatic rings. The van der Waals surface area contributed by atoms with Crippen LogP contribution in [0.25, 0.3) is 10.2 Å². The highest BCUT2D eigenvalue weighted by Crippen LogP contribution is 2.35. The number of nitrogens with two attached hydrogens (primary N) is 1. The van der Waals surface area contributed by atoms with E-state index in [9.17, 15) is 9.59 Å². The Bertz CT molecular complexity index is 1290. The third kappa shape index (κ3) is 4.07. The number of aryl methyl sites for hydroxylation is 1. The predicted octanol–water partition coefficient (Wildman–Crippen LogP) is 2.86. The normalized spacial score (nSPS) is 17.9. The van der Waals surface area contributed by atoms with E-state index >= 15 is 4.39 Å². The Balaban J connectivity index is 1.29. The first-order valence-corrected chi connectivity index (χ1v) is 11.8. The molecule has 178 valence electrons. The highest BCUT2D eigenvalue weighted by molar-refractivity contribution is 7.21. The molecular weight excluding hydrogens is 461 g/mol. The molecule has 1 saturated heterocycles. The summed E-state index contributed by atoms with van der Waals surface area (Å²) in [5.41, 5.74) is 8.49. The van der Waals surface area contributed by atoms with Gasteiger partial charge in [-0.3, -0.25) is 4.79 Å². The average molecular weight is 486 g/mol. The SMILES string of the molecule is Cc1ccc2c(N)c(C(=O)NC3COc4cc(N5CCN(C(=O)O)CC5)cc(F)c4C3)sc2n1. The van der Waals surface area contributed by atoms with Crippen LogP contribution in [0.1, 0.15) is 20.9 Å². The van der Waals surface area contributed by atoms with Gasteiger partial charge in [0.05, 0.1) is 11.7 Å². The third-order valence-corrected chi connectivity index (χ3v) is 7.33. The van der Waals surface area contributed by atoms with Crippen LogP contribution in [-0.4, -0.2) is 65.8 Å². The fourth-order valence-electron chi connectivity index (χ4n) is 4.36. The van der Waals surface area contributed by atoms with Crippen LogP contribution in [0.5, 0.6) is 5.75 Å². The number of nitrogens with one attached hydrogen (secondary N) is 1. The molecule has 2 aromatic heterocycles. The number of anilines is 2. The van der Waals surface area contributed by atoms with Gasteiger partial charge >= 0.3 is 6.09 Å². The van der Waals surface area contributed by atoms with E-state index in [2.05, 4.69) is 10.3 Å². The van der Waals surface area contributed by atoms with Crippen molar-refractivity contribution >= 4 is 44.9 Å². The number of rotatable bonds is 3. The zero-order chi connectivity index (χ0) is 24.0. The van der Waals surface area contributed by atoms with E-state index in [4.69, 9.17) is 15.6 Å². The van der Waals surface area contributed by atoms with Gasteiger partial charge in [-0.1, -0.05) is 0 Å². The highest BCUT2D eigenvalue weighted by atomic mass is 32.1. The monoisotopic (exact) mass is 485 g/mol. The zero-order valence-electron chi connectivity index (χ0n) is 18.5. The molecule has 0 spiro atoms. The molecule has 5 rings (SSSR count). The summed E-state index contributed by atoms with van der Waals surface area (Å²) in [6, 6.07) is 6.53. The van der Waals surface area contributed by atoms with Gasteiger partial charge in [-0.05, 0) is 25.1 Å². The molecule has 2 amide bonds. The number of nitrogens with zero attached hydrogens (tertiary/aromatic N) is 3. The van der Waals surface area contributed by atoms with Crippen LogP contribution >= 0.6 is 11.3 Å². The number of amides is 2. The smallest absolute Gasteiger partial charge is 0.407 e. The van der Waals surface area contributed by atoms with Gasteiger partial charge in [0.1, 0.15) is 27.9 Å². The first-order chi connectivity index (χ1) is 16.3. The molecule has 1 fully saturated rings. The maximum Gasteiger partial charge on any atom is 0.407 e. The number of halogens is 1. The molecule has 0 bridgehead atoms. The molecule has 2 aliphatic heterocycles. The highest BCUT2D eigenvalue weighted by Gasteiger charge is 2.28. The van der Waals surface area contributed by atoms with E-state index in [1.807, 2.05) is 24.0 Å². The van der Waals surface area contributed by atoms with Crippen molar-refractivity contribution in [2.24, 2.45) is 0 Å². The molecular formula is C23H24FN5O4S. The summed E-state index contributed by atoms with van der Waals surface area (Å²) in [5, 5.41) is 12.8. The van der Waals surface area contributed by atoms with Gasteiger partial charge in [0.15, 0.2) is 0 Å². The Morgan fingerprint density at radius 2 is 2.03 bits per heavy atom. The summed E-state index contributed by atoms with van der Waals surface area (Å²) in [6.45, 7) is 3.76. The summed E-state index contributed by atoms with van der Waals surface area (Å²) >= 11 is 1.23. The number of piperazine rings is 1. The fraction of sp³-hybridized carbons (Fsp3) is 0.348. The van der Waals surface area contributed by atoms with Gasteiger partial charge in [-0.2, -0.15) is 0 Å². The summed E-state index contributed by atoms with van der Waals surface area (Å²) in [7, 11) is 0. The van der Waals surface area contributed by atoms with E-state index in [1.165, 1.54) is 22.3 Å². The number of pyridine rings is 1. The standard InChI is InChI=1S/C23H24FN5O4S/c1-12-2-3-15-19(25)20(34-22(15)26-12)21(30)27-13-8-16-17(24)9-14(10-18(16)33-11-13)28-4-6-29(7-5-28)23(31)32/h2-3,9-10,13H,4-8,11,25H2,1H3,(H,27,30)(H,31,32). The van der Waals surface area contributed by atoms with Gasteiger partial charge in [0, 0.05) is 61.0 Å². The van der Waals surface area contributed by atoms with Crippen molar-refractivity contribution in [3.8, 4) is 5.75 Å². The molecule has 0 radical (unpaired) electrons. The van der Waals surface area contributed by atoms with Crippen molar-refractivity contribution in [2.45, 2.75) is 19.4 Å². The number of hydrogen-bond acceptors (Lipinski definition) is 7. The van der Waals surface area contributed by atoms with Crippen molar-refractivity contribution in [1.29, 1.82) is 0 Å². The lowest BCUT2D eigenvalue weighted by molar-refractivity contribution is 0.0919. The number of nitrogen functional groups attached to an aromatic ring is 1. The lowest BCUT2D eigenvalue weighted by Crippen LogP contribution is -2.48. The maximum absolute atomic E-state index is 15.0. The number of ether oxygens (including phenoxy) is 1. The number of benzene rings is 1. The Kier molecular flexibility index (Phi) is 5.64. The van der Waals surface area contributed by atoms with Crippen molar-refractivity contribution in [1.82, 2.24) is 15.2 Å². The van der Waals surface area contributed by atoms with Crippen LogP contribution in [0.3, 0.4) is 0 Å². The third-order valence-electron chi connectivity index (χ3n) is 6.22. The first kappa shape index (κ1) is 22.2. The average Bonchev–Trinajstić information content (AvgIpc) is 3.15. The number of thiophene rings is 1. The second-order valence-corrected chi connectivity index (χ2v) is 9.50. The van der Waals surface area contributed by atoms with Crippen LogP contribution < -0.4 is 20.7 Å². The minimum atomic E-state index is -0.948. The molecule has 0 saturated carbocycles. The van der Waals surface area contributed by atoms with Gasteiger partial charge < -0.3 is 30.7 Å². The van der Waals surface area contributed by atoms with Crippen LogP contribution in [0, 0.1) is 12.7 Å². The van der Waals surface area contributed by atoms with Gasteiger partial charge in [-0.15, -0.1) is 11.3 Å². The molecule has 11 heteroatoms. The molecule has 1 atom stereocenters. The van der Waals surface area contributed by atoms with Crippen LogP contribution in [-0.2, 0) is 6.42 Å². The number of fused-ring (bicyclic) bond motifs is 2. The van der Waals surface area contributed by atoms with Crippen LogP contribution in [0.4, 0.5) is 20.6 Å². The molecule has 4 heterocycles. The fourth-order valence-corrected chi connectivity index (χ4v) is 5.40. The molecule has 2 aliphatic rings. The predicted molar refractivity (Wildman–Crippen MR) is 127 cm³/mol. The molecule has 1 unspecified atom stereocenters. The summed E-state index contributed by atoms with van der Waals surface area (Å²) in [4.78, 5) is 32.8. The summed E-state index contributed by atoms with van der Waals surface area (Å²) in [6.07, 6.45) is -0.654. The first-order valence-electron chi connectivity index (χ1n) is 10.9. The topological polar surface area (TPSA) is 121 Å². The number of aromatic nitrogens is 1. The minimum Gasteiger partial charge on any atom is -0.491 e. The van der Waals surface area contributed by atoms with Gasteiger partial charge in [0.25, 0.3) is 5.91 Å². The van der Waals surface area contributed by atoms with E-state index in [0.29, 0.717) is 65.0 Å². The number of carbonyl (C=O) groups excluding carboxylic acids is 1. The van der Waals surface area contributed by atoms with E-state index in [1.54, 1.807) is 6.07 Å². The Morgan fingerprint density at radius 1 is 1.26 bits per heavy atom. The molecule has 34 heavy (non-hydrogen) atoms. The van der Waals surface area contributed by atoms with Gasteiger partial charge in [-0.25, -0.2) is 14.2 Å². The quantitative estimate of drug-likeness (QED) is 0.522. The van der Waals surface area contributed by atoms with Crippen molar-refractivity contribution in [3.05, 3.63) is 46.2 Å². The lowest BCUT2D eigenvalue weighted by Gasteiger charge is -2.35. The van der Waals surface area contributed by atoms with Crippen LogP contribution in [0.15, 0.2) is 24.3 Å². The lowest BCUT2D eigenvalue weighted by atomic mass is 10.0. The van der Waals surface area contributed by atoms with E-state index < -0.39 is 18.0 Å². The van der Waals surface area contributed by atoms with Crippen molar-refractivity contribution in [3.63, 3.8) is 0 Å². The largest absolute Gasteiger partial charge is 0.491 e. The molecule has 9 nitrogen and oxygen atoms in total. The van der Waals surface area contributed by atoms with Crippen molar-refractivity contribution in [2.75, 3.05) is 43.4 Å². The second-order valence-electron chi connectivity index (χ2n) is 8.50. The van der Waals surface area contributed by atoms with Crippen molar-refractivity contribution < 1.29 is 23.8 Å². The Labute approximate surface area is 198 Å². The molecule has 1 aromatic carbocycles. The van der Waals surface area contributed by atoms with Crippen LogP contribution in [0.2, 0.25) is 0 Å². The summed E-state index contributed by atoms with van der Waals surface area (Å²) < 4.78 is 20.8. The Morgan fingerprint density at radius 3 is 2.76 bits per heavy atom. The minimum absolute atomic E-state index is 0.205. The van der Waals surface area contributed by atoms with E-state index in [0.717, 1.165) is 11.1 Å². The number of carboxylic acid groups (broad SMARTS) is 1. The second kappa shape index (κ2) is 8.64. The number of hydrogen-bond donors (Lipinski definition) is 3. The van der Waals surface area contributed by atoms with Gasteiger partial charge in [0.2, 0.25) is 0 Å². The zero-order valence-corrected chi connectivity index (χ0v) is 19.3. The van der Waals surface area contributed by atoms with E-state index in [-0.39, 0.29) is 12.5 Å². The molecule has 0 aliphatic carbocycles. The Hall–Kier alpha value is -3.60. The maximum atomic E-state index is 15.0.